The molecule has 0 fully saturated rings. The molecule has 0 saturated heterocycles. The van der Waals surface area contributed by atoms with E-state index in [2.05, 4.69) is 15.5 Å². The normalized spacial score (nSPS) is 11.1. The van der Waals surface area contributed by atoms with Crippen molar-refractivity contribution in [1.29, 1.82) is 0 Å². The van der Waals surface area contributed by atoms with E-state index < -0.39 is 4.92 Å². The number of nitro groups is 1. The van der Waals surface area contributed by atoms with E-state index in [1.807, 2.05) is 32.0 Å². The summed E-state index contributed by atoms with van der Waals surface area (Å²) in [6.07, 6.45) is 1.43. The van der Waals surface area contributed by atoms with Crippen molar-refractivity contribution in [3.63, 3.8) is 0 Å². The van der Waals surface area contributed by atoms with Crippen LogP contribution in [-0.4, -0.2) is 22.0 Å². The van der Waals surface area contributed by atoms with Crippen molar-refractivity contribution in [2.24, 2.45) is 5.10 Å². The summed E-state index contributed by atoms with van der Waals surface area (Å²) < 4.78 is 0. The van der Waals surface area contributed by atoms with Gasteiger partial charge in [0.05, 0.1) is 11.1 Å². The Morgan fingerprint density at radius 3 is 2.60 bits per heavy atom. The van der Waals surface area contributed by atoms with Crippen LogP contribution in [0.4, 0.5) is 5.69 Å². The van der Waals surface area contributed by atoms with Gasteiger partial charge in [-0.2, -0.15) is 5.10 Å². The van der Waals surface area contributed by atoms with Gasteiger partial charge in [-0.25, -0.2) is 5.43 Å². The Morgan fingerprint density at radius 2 is 1.92 bits per heavy atom. The van der Waals surface area contributed by atoms with Crippen molar-refractivity contribution in [2.45, 2.75) is 13.8 Å². The van der Waals surface area contributed by atoms with Crippen LogP contribution in [0.3, 0.4) is 0 Å². The number of carbonyl (C=O) groups is 1. The van der Waals surface area contributed by atoms with Crippen LogP contribution in [-0.2, 0) is 0 Å². The Balaban J connectivity index is 1.74. The highest BCUT2D eigenvalue weighted by Gasteiger charge is 2.14. The molecule has 7 nitrogen and oxygen atoms in total. The molecule has 0 saturated carbocycles. The number of nitrogens with one attached hydrogen (secondary N) is 2. The van der Waals surface area contributed by atoms with Gasteiger partial charge in [-0.05, 0) is 49.2 Å². The number of nitro benzene ring substituents is 1. The van der Waals surface area contributed by atoms with Gasteiger partial charge in [0.15, 0.2) is 0 Å². The van der Waals surface area contributed by atoms with Gasteiger partial charge < -0.3 is 4.98 Å². The topological polar surface area (TPSA) is 100 Å². The molecule has 126 valence electrons. The number of benzene rings is 2. The lowest BCUT2D eigenvalue weighted by atomic mass is 10.1. The number of H-pyrrole nitrogens is 1. The first-order valence-corrected chi connectivity index (χ1v) is 7.62. The van der Waals surface area contributed by atoms with E-state index in [1.54, 1.807) is 12.1 Å². The predicted molar refractivity (Wildman–Crippen MR) is 95.9 cm³/mol. The fourth-order valence-corrected chi connectivity index (χ4v) is 2.57. The molecule has 25 heavy (non-hydrogen) atoms. The number of hydrogen-bond acceptors (Lipinski definition) is 4. The molecule has 0 aliphatic heterocycles. The van der Waals surface area contributed by atoms with E-state index in [0.29, 0.717) is 11.3 Å². The van der Waals surface area contributed by atoms with Crippen LogP contribution in [0.1, 0.15) is 27.2 Å². The third-order valence-corrected chi connectivity index (χ3v) is 3.92. The summed E-state index contributed by atoms with van der Waals surface area (Å²) in [5.41, 5.74) is 6.46. The standard InChI is InChI=1S/C18H16N4O3/c1-11-3-8-16-15(9-11)12(2)17(20-16)18(23)21-19-10-13-4-6-14(7-5-13)22(24)25/h3-10,20H,1-2H3,(H,21,23)/b19-10-. The summed E-state index contributed by atoms with van der Waals surface area (Å²) in [7, 11) is 0. The molecule has 2 N–H and O–H groups in total. The minimum Gasteiger partial charge on any atom is -0.350 e. The van der Waals surface area contributed by atoms with Crippen LogP contribution in [0.25, 0.3) is 10.9 Å². The third kappa shape index (κ3) is 3.40. The zero-order valence-electron chi connectivity index (χ0n) is 13.7. The van der Waals surface area contributed by atoms with Crippen LogP contribution in [0.2, 0.25) is 0 Å². The zero-order chi connectivity index (χ0) is 18.0. The van der Waals surface area contributed by atoms with E-state index in [-0.39, 0.29) is 11.6 Å². The number of nitrogens with zero attached hydrogens (tertiary/aromatic N) is 2. The molecule has 1 heterocycles. The van der Waals surface area contributed by atoms with Crippen molar-refractivity contribution in [1.82, 2.24) is 10.4 Å². The maximum absolute atomic E-state index is 12.3. The van der Waals surface area contributed by atoms with Gasteiger partial charge in [-0.1, -0.05) is 11.6 Å². The van der Waals surface area contributed by atoms with Gasteiger partial charge in [0.1, 0.15) is 5.69 Å². The van der Waals surface area contributed by atoms with Gasteiger partial charge in [0.25, 0.3) is 11.6 Å². The van der Waals surface area contributed by atoms with Crippen LogP contribution >= 0.6 is 0 Å². The smallest absolute Gasteiger partial charge is 0.288 e. The molecule has 1 amide bonds. The van der Waals surface area contributed by atoms with E-state index in [0.717, 1.165) is 22.0 Å². The molecule has 0 atom stereocenters. The summed E-state index contributed by atoms with van der Waals surface area (Å²) >= 11 is 0. The highest BCUT2D eigenvalue weighted by Crippen LogP contribution is 2.22. The summed E-state index contributed by atoms with van der Waals surface area (Å²) in [6, 6.07) is 11.8. The molecule has 0 bridgehead atoms. The van der Waals surface area contributed by atoms with Gasteiger partial charge in [0.2, 0.25) is 0 Å². The second-order valence-electron chi connectivity index (χ2n) is 5.72. The Labute approximate surface area is 143 Å². The zero-order valence-corrected chi connectivity index (χ0v) is 13.7. The van der Waals surface area contributed by atoms with E-state index in [1.165, 1.54) is 18.3 Å². The van der Waals surface area contributed by atoms with Crippen molar-refractivity contribution < 1.29 is 9.72 Å². The van der Waals surface area contributed by atoms with Crippen LogP contribution in [0.15, 0.2) is 47.6 Å². The number of aromatic nitrogens is 1. The van der Waals surface area contributed by atoms with Crippen LogP contribution in [0.5, 0.6) is 0 Å². The molecule has 0 unspecified atom stereocenters. The Morgan fingerprint density at radius 1 is 1.20 bits per heavy atom. The largest absolute Gasteiger partial charge is 0.350 e. The third-order valence-electron chi connectivity index (χ3n) is 3.92. The van der Waals surface area contributed by atoms with Crippen molar-refractivity contribution in [3.8, 4) is 0 Å². The monoisotopic (exact) mass is 336 g/mol. The summed E-state index contributed by atoms with van der Waals surface area (Å²) in [6.45, 7) is 3.88. The molecule has 0 radical (unpaired) electrons. The fraction of sp³-hybridized carbons (Fsp3) is 0.111. The van der Waals surface area contributed by atoms with Crippen LogP contribution in [0, 0.1) is 24.0 Å². The molecule has 2 aromatic carbocycles. The minimum absolute atomic E-state index is 0.00480. The predicted octanol–water partition coefficient (Wildman–Crippen LogP) is 3.46. The Bertz CT molecular complexity index is 987. The quantitative estimate of drug-likeness (QED) is 0.433. The van der Waals surface area contributed by atoms with Gasteiger partial charge in [-0.15, -0.1) is 0 Å². The van der Waals surface area contributed by atoms with Crippen molar-refractivity contribution in [3.05, 3.63) is 75.0 Å². The second kappa shape index (κ2) is 6.56. The molecule has 0 aliphatic rings. The molecule has 3 aromatic rings. The van der Waals surface area contributed by atoms with Gasteiger partial charge >= 0.3 is 0 Å². The number of aryl methyl sites for hydroxylation is 2. The Hall–Kier alpha value is -3.48. The summed E-state index contributed by atoms with van der Waals surface area (Å²) in [5, 5.41) is 15.5. The number of rotatable bonds is 4. The molecule has 1 aromatic heterocycles. The number of amides is 1. The first-order chi connectivity index (χ1) is 12.0. The summed E-state index contributed by atoms with van der Waals surface area (Å²) in [5.74, 6) is -0.343. The first-order valence-electron chi connectivity index (χ1n) is 7.62. The average molecular weight is 336 g/mol. The number of aromatic amines is 1. The molecule has 0 spiro atoms. The highest BCUT2D eigenvalue weighted by atomic mass is 16.6. The number of fused-ring (bicyclic) bond motifs is 1. The van der Waals surface area contributed by atoms with Crippen molar-refractivity contribution in [2.75, 3.05) is 0 Å². The van der Waals surface area contributed by atoms with Crippen molar-refractivity contribution >= 4 is 28.7 Å². The van der Waals surface area contributed by atoms with Gasteiger partial charge in [0, 0.05) is 23.0 Å². The molecule has 0 aliphatic carbocycles. The first kappa shape index (κ1) is 16.4. The fourth-order valence-electron chi connectivity index (χ4n) is 2.57. The lowest BCUT2D eigenvalue weighted by Gasteiger charge is -1.99. The highest BCUT2D eigenvalue weighted by molar-refractivity contribution is 6.01. The number of hydrazone groups is 1. The molecule has 7 heteroatoms. The van der Waals surface area contributed by atoms with Gasteiger partial charge in [-0.3, -0.25) is 14.9 Å². The SMILES string of the molecule is Cc1ccc2[nH]c(C(=O)N/N=C\c3ccc([N+](=O)[O-])cc3)c(C)c2c1. The number of non-ortho nitro benzene ring substituents is 1. The van der Waals surface area contributed by atoms with E-state index in [9.17, 15) is 14.9 Å². The number of carbonyl (C=O) groups excluding carboxylic acids is 1. The van der Waals surface area contributed by atoms with E-state index >= 15 is 0 Å². The molecular weight excluding hydrogens is 320 g/mol. The van der Waals surface area contributed by atoms with Crippen LogP contribution < -0.4 is 5.43 Å². The lowest BCUT2D eigenvalue weighted by molar-refractivity contribution is -0.384. The number of hydrogen-bond donors (Lipinski definition) is 2. The average Bonchev–Trinajstić information content (AvgIpc) is 2.92. The van der Waals surface area contributed by atoms with E-state index in [4.69, 9.17) is 0 Å². The summed E-state index contributed by atoms with van der Waals surface area (Å²) in [4.78, 5) is 25.5. The Kier molecular flexibility index (Phi) is 4.30. The second-order valence-corrected chi connectivity index (χ2v) is 5.72. The maximum Gasteiger partial charge on any atom is 0.288 e. The maximum atomic E-state index is 12.3. The minimum atomic E-state index is -0.469. The molecule has 3 rings (SSSR count). The molecular formula is C18H16N4O3. The lowest BCUT2D eigenvalue weighted by Crippen LogP contribution is -2.18.